The minimum Gasteiger partial charge on any atom is -0.313 e. The number of hydrogen-bond donors (Lipinski definition) is 1. The van der Waals surface area contributed by atoms with Gasteiger partial charge >= 0.3 is 0 Å². The Morgan fingerprint density at radius 3 is 2.58 bits per heavy atom. The lowest BCUT2D eigenvalue weighted by Crippen LogP contribution is -2.45. The van der Waals surface area contributed by atoms with Crippen molar-refractivity contribution in [2.75, 3.05) is 18.1 Å². The number of likely N-dealkylation sites (N-methyl/N-ethyl adjacent to an activating group) is 1. The van der Waals surface area contributed by atoms with Crippen molar-refractivity contribution in [1.82, 2.24) is 5.32 Å². The molecule has 1 heterocycles. The number of hydrogen-bond acceptors (Lipinski definition) is 3. The van der Waals surface area contributed by atoms with Crippen LogP contribution in [0.3, 0.4) is 0 Å². The molecule has 106 valence electrons. The molecule has 0 spiro atoms. The third-order valence-electron chi connectivity index (χ3n) is 3.47. The fourth-order valence-electron chi connectivity index (χ4n) is 2.53. The van der Waals surface area contributed by atoms with E-state index in [0.717, 1.165) is 23.5 Å². The maximum atomic E-state index is 3.71. The summed E-state index contributed by atoms with van der Waals surface area (Å²) in [7, 11) is 0. The topological polar surface area (TPSA) is 12.0 Å². The molecule has 1 N–H and O–H groups in total. The lowest BCUT2D eigenvalue weighted by molar-refractivity contribution is 0.501. The van der Waals surface area contributed by atoms with E-state index in [-0.39, 0.29) is 0 Å². The molecule has 1 aliphatic heterocycles. The monoisotopic (exact) mass is 407 g/mol. The van der Waals surface area contributed by atoms with E-state index in [4.69, 9.17) is 0 Å². The smallest absolute Gasteiger partial charge is 0.0320 e. The van der Waals surface area contributed by atoms with Gasteiger partial charge in [-0.3, -0.25) is 0 Å². The quantitative estimate of drug-likeness (QED) is 0.740. The van der Waals surface area contributed by atoms with Crippen molar-refractivity contribution in [3.63, 3.8) is 0 Å². The van der Waals surface area contributed by atoms with Crippen LogP contribution in [-0.2, 0) is 6.42 Å². The number of rotatable bonds is 5. The molecular formula is C15H22INS2. The normalized spacial score (nSPS) is 25.2. The highest BCUT2D eigenvalue weighted by molar-refractivity contribution is 14.1. The molecule has 1 aromatic carbocycles. The van der Waals surface area contributed by atoms with Crippen molar-refractivity contribution in [3.8, 4) is 0 Å². The van der Waals surface area contributed by atoms with Gasteiger partial charge in [-0.15, -0.1) is 0 Å². The van der Waals surface area contributed by atoms with Gasteiger partial charge in [0.15, 0.2) is 0 Å². The van der Waals surface area contributed by atoms with Crippen molar-refractivity contribution < 1.29 is 0 Å². The zero-order chi connectivity index (χ0) is 13.7. The number of thioether (sulfide) groups is 2. The molecule has 3 atom stereocenters. The molecule has 1 aromatic rings. The lowest BCUT2D eigenvalue weighted by Gasteiger charge is -2.35. The van der Waals surface area contributed by atoms with E-state index in [2.05, 4.69) is 89.5 Å². The highest BCUT2D eigenvalue weighted by atomic mass is 127. The summed E-state index contributed by atoms with van der Waals surface area (Å²) >= 11 is 6.66. The Bertz CT molecular complexity index is 382. The molecule has 1 fully saturated rings. The predicted octanol–water partition coefficient (Wildman–Crippen LogP) is 4.05. The van der Waals surface area contributed by atoms with Gasteiger partial charge in [0.2, 0.25) is 0 Å². The second kappa shape index (κ2) is 8.15. The third kappa shape index (κ3) is 4.83. The van der Waals surface area contributed by atoms with E-state index >= 15 is 0 Å². The molecule has 4 heteroatoms. The Labute approximate surface area is 139 Å². The molecule has 1 nitrogen and oxygen atoms in total. The van der Waals surface area contributed by atoms with E-state index in [1.54, 1.807) is 0 Å². The number of nitrogens with one attached hydrogen (secondary N) is 1. The van der Waals surface area contributed by atoms with E-state index in [1.165, 1.54) is 20.6 Å². The molecular weight excluding hydrogens is 385 g/mol. The number of benzene rings is 1. The van der Waals surface area contributed by atoms with Crippen molar-refractivity contribution >= 4 is 46.1 Å². The molecule has 0 amide bonds. The molecule has 0 aromatic heterocycles. The van der Waals surface area contributed by atoms with Gasteiger partial charge < -0.3 is 5.32 Å². The van der Waals surface area contributed by atoms with Crippen LogP contribution in [0.2, 0.25) is 0 Å². The van der Waals surface area contributed by atoms with E-state index < -0.39 is 0 Å². The van der Waals surface area contributed by atoms with Crippen molar-refractivity contribution in [1.29, 1.82) is 0 Å². The highest BCUT2D eigenvalue weighted by Crippen LogP contribution is 2.34. The van der Waals surface area contributed by atoms with Crippen LogP contribution in [0.25, 0.3) is 0 Å². The van der Waals surface area contributed by atoms with Crippen LogP contribution in [-0.4, -0.2) is 34.6 Å². The van der Waals surface area contributed by atoms with E-state index in [0.29, 0.717) is 6.04 Å². The summed E-state index contributed by atoms with van der Waals surface area (Å²) in [5.74, 6) is 2.61. The molecule has 1 saturated heterocycles. The van der Waals surface area contributed by atoms with E-state index in [9.17, 15) is 0 Å². The van der Waals surface area contributed by atoms with Gasteiger partial charge in [0.25, 0.3) is 0 Å². The Balaban J connectivity index is 2.04. The Kier molecular flexibility index (Phi) is 6.86. The second-order valence-electron chi connectivity index (χ2n) is 4.91. The molecule has 0 saturated carbocycles. The highest BCUT2D eigenvalue weighted by Gasteiger charge is 2.29. The van der Waals surface area contributed by atoms with E-state index in [1.807, 2.05) is 0 Å². The first-order chi connectivity index (χ1) is 9.20. The summed E-state index contributed by atoms with van der Waals surface area (Å²) in [6, 6.07) is 9.57. The average Bonchev–Trinajstić information content (AvgIpc) is 2.41. The summed E-state index contributed by atoms with van der Waals surface area (Å²) in [6.45, 7) is 5.66. The molecule has 2 rings (SSSR count). The third-order valence-corrected chi connectivity index (χ3v) is 7.44. The standard InChI is InChI=1S/C15H22INS2/c1-3-17-14(15-11(2)18-8-9-19-15)10-12-4-6-13(16)7-5-12/h4-7,11,14-15,17H,3,8-10H2,1-2H3. The SMILES string of the molecule is CCNC(Cc1ccc(I)cc1)C1SCCSC1C. The fourth-order valence-corrected chi connectivity index (χ4v) is 5.85. The predicted molar refractivity (Wildman–Crippen MR) is 98.5 cm³/mol. The van der Waals surface area contributed by atoms with Crippen LogP contribution in [0.15, 0.2) is 24.3 Å². The Morgan fingerprint density at radius 1 is 1.26 bits per heavy atom. The van der Waals surface area contributed by atoms with Crippen LogP contribution in [0.4, 0.5) is 0 Å². The molecule has 19 heavy (non-hydrogen) atoms. The summed E-state index contributed by atoms with van der Waals surface area (Å²) in [5.41, 5.74) is 1.45. The number of halogens is 1. The van der Waals surface area contributed by atoms with Crippen LogP contribution in [0, 0.1) is 3.57 Å². The maximum absolute atomic E-state index is 3.71. The second-order valence-corrected chi connectivity index (χ2v) is 8.92. The van der Waals surface area contributed by atoms with Gasteiger partial charge in [0, 0.05) is 31.6 Å². The summed E-state index contributed by atoms with van der Waals surface area (Å²) in [6.07, 6.45) is 1.15. The van der Waals surface area contributed by atoms with Crippen molar-refractivity contribution in [2.45, 2.75) is 36.8 Å². The van der Waals surface area contributed by atoms with Crippen LogP contribution in [0.1, 0.15) is 19.4 Å². The summed E-state index contributed by atoms with van der Waals surface area (Å²) in [5, 5.41) is 5.20. The summed E-state index contributed by atoms with van der Waals surface area (Å²) < 4.78 is 1.32. The lowest BCUT2D eigenvalue weighted by atomic mass is 10.0. The average molecular weight is 407 g/mol. The first-order valence-electron chi connectivity index (χ1n) is 6.91. The minimum atomic E-state index is 0.595. The van der Waals surface area contributed by atoms with Gasteiger partial charge in [-0.1, -0.05) is 26.0 Å². The van der Waals surface area contributed by atoms with Gasteiger partial charge in [0.05, 0.1) is 0 Å². The van der Waals surface area contributed by atoms with Gasteiger partial charge in [-0.05, 0) is 53.3 Å². The zero-order valence-corrected chi connectivity index (χ0v) is 15.4. The molecule has 1 aliphatic rings. The Hall–Kier alpha value is 0.610. The van der Waals surface area contributed by atoms with Crippen LogP contribution < -0.4 is 5.32 Å². The molecule has 0 aliphatic carbocycles. The maximum Gasteiger partial charge on any atom is 0.0320 e. The molecule has 0 bridgehead atoms. The van der Waals surface area contributed by atoms with Gasteiger partial charge in [-0.25, -0.2) is 0 Å². The minimum absolute atomic E-state index is 0.595. The fraction of sp³-hybridized carbons (Fsp3) is 0.600. The largest absolute Gasteiger partial charge is 0.313 e. The Morgan fingerprint density at radius 2 is 1.95 bits per heavy atom. The molecule has 3 unspecified atom stereocenters. The molecule has 0 radical (unpaired) electrons. The van der Waals surface area contributed by atoms with Crippen LogP contribution >= 0.6 is 46.1 Å². The van der Waals surface area contributed by atoms with Crippen molar-refractivity contribution in [3.05, 3.63) is 33.4 Å². The summed E-state index contributed by atoms with van der Waals surface area (Å²) in [4.78, 5) is 0. The van der Waals surface area contributed by atoms with Crippen molar-refractivity contribution in [2.24, 2.45) is 0 Å². The first kappa shape index (κ1) is 16.0. The van der Waals surface area contributed by atoms with Gasteiger partial charge in [0.1, 0.15) is 0 Å². The zero-order valence-electron chi connectivity index (χ0n) is 11.6. The van der Waals surface area contributed by atoms with Crippen LogP contribution in [0.5, 0.6) is 0 Å². The first-order valence-corrected chi connectivity index (χ1v) is 10.1. The van der Waals surface area contributed by atoms with Gasteiger partial charge in [-0.2, -0.15) is 23.5 Å².